The number of nitrogens with zero attached hydrogens (tertiary/aromatic N) is 1. The third-order valence-corrected chi connectivity index (χ3v) is 2.64. The second-order valence-corrected chi connectivity index (χ2v) is 4.28. The number of piperidine rings is 1. The van der Waals surface area contributed by atoms with E-state index in [0.717, 1.165) is 38.8 Å². The van der Waals surface area contributed by atoms with Gasteiger partial charge in [0, 0.05) is 12.5 Å². The maximum atomic E-state index is 10.5. The highest BCUT2D eigenvalue weighted by molar-refractivity contribution is 6.55. The fraction of sp³-hybridized carbons (Fsp3) is 0.667. The van der Waals surface area contributed by atoms with Gasteiger partial charge in [-0.1, -0.05) is 23.2 Å². The number of aldehydes is 1. The van der Waals surface area contributed by atoms with Crippen LogP contribution in [0.5, 0.6) is 0 Å². The van der Waals surface area contributed by atoms with Crippen LogP contribution in [-0.2, 0) is 4.79 Å². The monoisotopic (exact) mass is 221 g/mol. The molecule has 1 fully saturated rings. The number of hydrogen-bond acceptors (Lipinski definition) is 2. The van der Waals surface area contributed by atoms with Crippen molar-refractivity contribution in [2.45, 2.75) is 12.8 Å². The van der Waals surface area contributed by atoms with Gasteiger partial charge in [-0.3, -0.25) is 4.90 Å². The van der Waals surface area contributed by atoms with Crippen LogP contribution in [0.4, 0.5) is 0 Å². The zero-order valence-corrected chi connectivity index (χ0v) is 8.89. The molecule has 0 spiro atoms. The van der Waals surface area contributed by atoms with Crippen LogP contribution in [0.2, 0.25) is 0 Å². The summed E-state index contributed by atoms with van der Waals surface area (Å²) in [5, 5.41) is 0. The fourth-order valence-electron chi connectivity index (χ4n) is 1.47. The third kappa shape index (κ3) is 4.12. The van der Waals surface area contributed by atoms with Crippen molar-refractivity contribution in [2.75, 3.05) is 19.6 Å². The summed E-state index contributed by atoms with van der Waals surface area (Å²) in [5.74, 6) is 0.256. The van der Waals surface area contributed by atoms with Crippen molar-refractivity contribution in [3.8, 4) is 0 Å². The van der Waals surface area contributed by atoms with Gasteiger partial charge in [0.2, 0.25) is 0 Å². The Morgan fingerprint density at radius 2 is 2.00 bits per heavy atom. The number of hydrogen-bond donors (Lipinski definition) is 0. The molecule has 4 heteroatoms. The van der Waals surface area contributed by atoms with Gasteiger partial charge < -0.3 is 4.79 Å². The number of likely N-dealkylation sites (tertiary alicyclic amines) is 1. The molecular weight excluding hydrogens is 209 g/mol. The van der Waals surface area contributed by atoms with Crippen LogP contribution in [0.3, 0.4) is 0 Å². The van der Waals surface area contributed by atoms with Gasteiger partial charge in [0.25, 0.3) is 0 Å². The largest absolute Gasteiger partial charge is 0.303 e. The maximum absolute atomic E-state index is 10.5. The quantitative estimate of drug-likeness (QED) is 0.682. The zero-order chi connectivity index (χ0) is 9.68. The van der Waals surface area contributed by atoms with E-state index < -0.39 is 0 Å². The van der Waals surface area contributed by atoms with Crippen LogP contribution < -0.4 is 0 Å². The molecule has 0 aliphatic carbocycles. The van der Waals surface area contributed by atoms with E-state index in [4.69, 9.17) is 23.2 Å². The molecule has 74 valence electrons. The standard InChI is InChI=1S/C9H13Cl2NO/c10-9(11)3-6-12-4-1-8(7-13)2-5-12/h3,7-8H,1-2,4-6H2. The lowest BCUT2D eigenvalue weighted by molar-refractivity contribution is -0.112. The maximum Gasteiger partial charge on any atom is 0.123 e. The summed E-state index contributed by atoms with van der Waals surface area (Å²) in [6.07, 6.45) is 4.75. The molecule has 13 heavy (non-hydrogen) atoms. The molecule has 0 unspecified atom stereocenters. The molecule has 0 atom stereocenters. The van der Waals surface area contributed by atoms with Gasteiger partial charge in [-0.05, 0) is 32.0 Å². The molecule has 1 aliphatic heterocycles. The first-order valence-corrected chi connectivity index (χ1v) is 5.17. The van der Waals surface area contributed by atoms with Crippen molar-refractivity contribution in [3.63, 3.8) is 0 Å². The number of halogens is 2. The van der Waals surface area contributed by atoms with Gasteiger partial charge in [-0.15, -0.1) is 0 Å². The first-order valence-electron chi connectivity index (χ1n) is 4.41. The topological polar surface area (TPSA) is 20.3 Å². The molecule has 1 saturated heterocycles. The number of carbonyl (C=O) groups is 1. The molecule has 0 aromatic carbocycles. The lowest BCUT2D eigenvalue weighted by atomic mass is 9.99. The second-order valence-electron chi connectivity index (χ2n) is 3.27. The Hall–Kier alpha value is -0.0500. The van der Waals surface area contributed by atoms with E-state index in [2.05, 4.69) is 4.90 Å². The smallest absolute Gasteiger partial charge is 0.123 e. The molecule has 0 amide bonds. The summed E-state index contributed by atoms with van der Waals surface area (Å²) < 4.78 is 0.317. The highest BCUT2D eigenvalue weighted by atomic mass is 35.5. The SMILES string of the molecule is O=CC1CCN(CC=C(Cl)Cl)CC1. The molecular formula is C9H13Cl2NO. The summed E-state index contributed by atoms with van der Waals surface area (Å²) in [6, 6.07) is 0. The minimum Gasteiger partial charge on any atom is -0.303 e. The van der Waals surface area contributed by atoms with Gasteiger partial charge in [-0.2, -0.15) is 0 Å². The molecule has 0 radical (unpaired) electrons. The van der Waals surface area contributed by atoms with Crippen molar-refractivity contribution < 1.29 is 4.79 Å². The summed E-state index contributed by atoms with van der Waals surface area (Å²) >= 11 is 11.0. The van der Waals surface area contributed by atoms with E-state index in [-0.39, 0.29) is 5.92 Å². The Labute approximate surface area is 88.5 Å². The van der Waals surface area contributed by atoms with E-state index >= 15 is 0 Å². The molecule has 0 bridgehead atoms. The van der Waals surface area contributed by atoms with Crippen LogP contribution in [0.25, 0.3) is 0 Å². The molecule has 0 aromatic rings. The Morgan fingerprint density at radius 3 is 2.46 bits per heavy atom. The number of rotatable bonds is 3. The average molecular weight is 222 g/mol. The second kappa shape index (κ2) is 5.63. The van der Waals surface area contributed by atoms with Crippen LogP contribution in [0, 0.1) is 5.92 Å². The molecule has 0 aromatic heterocycles. The summed E-state index contributed by atoms with van der Waals surface area (Å²) in [6.45, 7) is 2.70. The van der Waals surface area contributed by atoms with Crippen molar-refractivity contribution in [3.05, 3.63) is 10.6 Å². The molecule has 1 aliphatic rings. The predicted molar refractivity (Wildman–Crippen MR) is 55.0 cm³/mol. The molecule has 1 rings (SSSR count). The van der Waals surface area contributed by atoms with Crippen molar-refractivity contribution in [1.29, 1.82) is 0 Å². The summed E-state index contributed by atoms with van der Waals surface area (Å²) in [4.78, 5) is 12.7. The van der Waals surface area contributed by atoms with Gasteiger partial charge in [0.1, 0.15) is 10.8 Å². The molecule has 0 N–H and O–H groups in total. The normalized spacial score (nSPS) is 19.8. The molecule has 2 nitrogen and oxygen atoms in total. The summed E-state index contributed by atoms with van der Waals surface area (Å²) in [7, 11) is 0. The Morgan fingerprint density at radius 1 is 1.38 bits per heavy atom. The Balaban J connectivity index is 2.25. The van der Waals surface area contributed by atoms with Crippen molar-refractivity contribution >= 4 is 29.5 Å². The average Bonchev–Trinajstić information content (AvgIpc) is 2.15. The minimum absolute atomic E-state index is 0.256. The van der Waals surface area contributed by atoms with Crippen LogP contribution in [0.15, 0.2) is 10.6 Å². The molecule has 0 saturated carbocycles. The minimum atomic E-state index is 0.256. The van der Waals surface area contributed by atoms with E-state index in [0.29, 0.717) is 4.49 Å². The Bertz CT molecular complexity index is 194. The van der Waals surface area contributed by atoms with E-state index in [1.807, 2.05) is 0 Å². The van der Waals surface area contributed by atoms with Crippen molar-refractivity contribution in [2.24, 2.45) is 5.92 Å². The van der Waals surface area contributed by atoms with Gasteiger partial charge in [0.15, 0.2) is 0 Å². The van der Waals surface area contributed by atoms with Gasteiger partial charge >= 0.3 is 0 Å². The predicted octanol–water partition coefficient (Wildman–Crippen LogP) is 2.22. The molecule has 1 heterocycles. The van der Waals surface area contributed by atoms with Crippen LogP contribution in [0.1, 0.15) is 12.8 Å². The van der Waals surface area contributed by atoms with Crippen molar-refractivity contribution in [1.82, 2.24) is 4.90 Å². The lowest BCUT2D eigenvalue weighted by Crippen LogP contribution is -2.34. The van der Waals surface area contributed by atoms with Gasteiger partial charge in [0.05, 0.1) is 0 Å². The summed E-state index contributed by atoms with van der Waals surface area (Å²) in [5.41, 5.74) is 0. The fourth-order valence-corrected chi connectivity index (χ4v) is 1.61. The van der Waals surface area contributed by atoms with Crippen LogP contribution in [-0.4, -0.2) is 30.8 Å². The van der Waals surface area contributed by atoms with Crippen LogP contribution >= 0.6 is 23.2 Å². The highest BCUT2D eigenvalue weighted by Crippen LogP contribution is 2.15. The van der Waals surface area contributed by atoms with E-state index in [1.165, 1.54) is 0 Å². The number of carbonyl (C=O) groups excluding carboxylic acids is 1. The highest BCUT2D eigenvalue weighted by Gasteiger charge is 2.17. The third-order valence-electron chi connectivity index (χ3n) is 2.33. The lowest BCUT2D eigenvalue weighted by Gasteiger charge is -2.28. The first-order chi connectivity index (χ1) is 6.22. The van der Waals surface area contributed by atoms with E-state index in [9.17, 15) is 4.79 Å². The van der Waals surface area contributed by atoms with Gasteiger partial charge in [-0.25, -0.2) is 0 Å². The zero-order valence-electron chi connectivity index (χ0n) is 7.38. The first kappa shape index (κ1) is 11.0. The Kier molecular flexibility index (Phi) is 4.78. The van der Waals surface area contributed by atoms with E-state index in [1.54, 1.807) is 6.08 Å².